The maximum Gasteiger partial charge on any atom is 0.242 e. The van der Waals surface area contributed by atoms with E-state index >= 15 is 0 Å². The largest absolute Gasteiger partial charge is 0.486 e. The van der Waals surface area contributed by atoms with Crippen molar-refractivity contribution >= 4 is 17.3 Å². The molecule has 0 bridgehead atoms. The van der Waals surface area contributed by atoms with Crippen molar-refractivity contribution in [3.05, 3.63) is 12.1 Å². The third-order valence-electron chi connectivity index (χ3n) is 2.78. The standard InChI is InChI=1S/C12H17N3O3/c1-12(2,11(14)16)15-8-6-10-9(5-7(8)13)17-3-4-18-10/h5-6,15H,3-4,13H2,1-2H3,(H2,14,16). The number of carbonyl (C=O) groups is 1. The van der Waals surface area contributed by atoms with Crippen molar-refractivity contribution in [1.82, 2.24) is 0 Å². The number of ether oxygens (including phenoxy) is 2. The summed E-state index contributed by atoms with van der Waals surface area (Å²) in [6.07, 6.45) is 0. The fourth-order valence-electron chi connectivity index (χ4n) is 1.61. The van der Waals surface area contributed by atoms with Gasteiger partial charge in [-0.1, -0.05) is 0 Å². The molecule has 0 atom stereocenters. The van der Waals surface area contributed by atoms with Crippen LogP contribution in [0.25, 0.3) is 0 Å². The van der Waals surface area contributed by atoms with Gasteiger partial charge in [0.25, 0.3) is 0 Å². The Morgan fingerprint density at radius 2 is 1.83 bits per heavy atom. The second-order valence-electron chi connectivity index (χ2n) is 4.70. The summed E-state index contributed by atoms with van der Waals surface area (Å²) < 4.78 is 10.9. The van der Waals surface area contributed by atoms with Crippen LogP contribution in [-0.4, -0.2) is 24.7 Å². The lowest BCUT2D eigenvalue weighted by Crippen LogP contribution is -2.45. The van der Waals surface area contributed by atoms with Gasteiger partial charge in [-0.05, 0) is 13.8 Å². The number of benzene rings is 1. The van der Waals surface area contributed by atoms with Gasteiger partial charge in [-0.15, -0.1) is 0 Å². The van der Waals surface area contributed by atoms with Crippen molar-refractivity contribution < 1.29 is 14.3 Å². The summed E-state index contributed by atoms with van der Waals surface area (Å²) in [5.41, 5.74) is 11.4. The zero-order valence-corrected chi connectivity index (χ0v) is 10.4. The fraction of sp³-hybridized carbons (Fsp3) is 0.417. The Labute approximate surface area is 105 Å². The highest BCUT2D eigenvalue weighted by atomic mass is 16.6. The van der Waals surface area contributed by atoms with Gasteiger partial charge >= 0.3 is 0 Å². The smallest absolute Gasteiger partial charge is 0.242 e. The van der Waals surface area contributed by atoms with Crippen LogP contribution >= 0.6 is 0 Å². The Morgan fingerprint density at radius 3 is 2.39 bits per heavy atom. The molecule has 0 radical (unpaired) electrons. The third-order valence-corrected chi connectivity index (χ3v) is 2.78. The van der Waals surface area contributed by atoms with Crippen LogP contribution < -0.4 is 26.3 Å². The molecule has 1 aliphatic rings. The van der Waals surface area contributed by atoms with Crippen molar-refractivity contribution in [3.63, 3.8) is 0 Å². The number of carbonyl (C=O) groups excluding carboxylic acids is 1. The Morgan fingerprint density at radius 1 is 1.28 bits per heavy atom. The zero-order valence-electron chi connectivity index (χ0n) is 10.4. The van der Waals surface area contributed by atoms with E-state index in [1.807, 2.05) is 0 Å². The number of rotatable bonds is 3. The van der Waals surface area contributed by atoms with Gasteiger partial charge in [-0.25, -0.2) is 0 Å². The third kappa shape index (κ3) is 2.27. The molecular weight excluding hydrogens is 234 g/mol. The van der Waals surface area contributed by atoms with E-state index in [0.717, 1.165) is 0 Å². The van der Waals surface area contributed by atoms with Gasteiger partial charge in [0, 0.05) is 12.1 Å². The molecular formula is C12H17N3O3. The van der Waals surface area contributed by atoms with Crippen molar-refractivity contribution in [2.75, 3.05) is 24.3 Å². The topological polar surface area (TPSA) is 99.6 Å². The first-order valence-electron chi connectivity index (χ1n) is 5.67. The van der Waals surface area contributed by atoms with Gasteiger partial charge in [0.1, 0.15) is 18.8 Å². The Kier molecular flexibility index (Phi) is 2.94. The molecule has 5 N–H and O–H groups in total. The molecule has 1 aliphatic heterocycles. The van der Waals surface area contributed by atoms with Crippen LogP contribution in [0.2, 0.25) is 0 Å². The number of primary amides is 1. The second-order valence-corrected chi connectivity index (χ2v) is 4.70. The minimum Gasteiger partial charge on any atom is -0.486 e. The Hall–Kier alpha value is -2.11. The summed E-state index contributed by atoms with van der Waals surface area (Å²) in [6, 6.07) is 3.39. The predicted octanol–water partition coefficient (Wildman–Crippen LogP) is 0.716. The average Bonchev–Trinajstić information content (AvgIpc) is 2.29. The number of nitrogens with one attached hydrogen (secondary N) is 1. The molecule has 6 nitrogen and oxygen atoms in total. The summed E-state index contributed by atoms with van der Waals surface area (Å²) in [7, 11) is 0. The molecule has 0 aromatic heterocycles. The first-order valence-corrected chi connectivity index (χ1v) is 5.67. The van der Waals surface area contributed by atoms with E-state index in [-0.39, 0.29) is 0 Å². The summed E-state index contributed by atoms with van der Waals surface area (Å²) >= 11 is 0. The molecule has 18 heavy (non-hydrogen) atoms. The maximum absolute atomic E-state index is 11.3. The Bertz CT molecular complexity index is 486. The second kappa shape index (κ2) is 4.29. The summed E-state index contributed by atoms with van der Waals surface area (Å²) in [6.45, 7) is 4.37. The number of hydrogen-bond donors (Lipinski definition) is 3. The maximum atomic E-state index is 11.3. The summed E-state index contributed by atoms with van der Waals surface area (Å²) in [5, 5.41) is 3.00. The van der Waals surface area contributed by atoms with Crippen LogP contribution in [0.5, 0.6) is 11.5 Å². The lowest BCUT2D eigenvalue weighted by molar-refractivity contribution is -0.121. The number of nitrogens with two attached hydrogens (primary N) is 2. The summed E-state index contributed by atoms with van der Waals surface area (Å²) in [5.74, 6) is 0.760. The minimum absolute atomic E-state index is 0.461. The first-order chi connectivity index (χ1) is 8.40. The SMILES string of the molecule is CC(C)(Nc1cc2c(cc1N)OCCO2)C(N)=O. The predicted molar refractivity (Wildman–Crippen MR) is 68.7 cm³/mol. The molecule has 1 heterocycles. The van der Waals surface area contributed by atoms with Gasteiger partial charge < -0.3 is 26.3 Å². The van der Waals surface area contributed by atoms with E-state index in [2.05, 4.69) is 5.32 Å². The van der Waals surface area contributed by atoms with Crippen molar-refractivity contribution in [3.8, 4) is 11.5 Å². The first kappa shape index (κ1) is 12.3. The molecule has 6 heteroatoms. The number of amides is 1. The van der Waals surface area contributed by atoms with Crippen LogP contribution in [0, 0.1) is 0 Å². The highest BCUT2D eigenvalue weighted by Crippen LogP contribution is 2.37. The molecule has 1 amide bonds. The minimum atomic E-state index is -0.891. The molecule has 1 aromatic carbocycles. The lowest BCUT2D eigenvalue weighted by atomic mass is 10.0. The van der Waals surface area contributed by atoms with Crippen LogP contribution in [0.4, 0.5) is 11.4 Å². The molecule has 98 valence electrons. The molecule has 0 unspecified atom stereocenters. The van der Waals surface area contributed by atoms with E-state index in [1.165, 1.54) is 0 Å². The quantitative estimate of drug-likeness (QED) is 0.687. The van der Waals surface area contributed by atoms with Crippen LogP contribution in [0.1, 0.15) is 13.8 Å². The Balaban J connectivity index is 2.31. The number of hydrogen-bond acceptors (Lipinski definition) is 5. The number of nitrogen functional groups attached to an aromatic ring is 1. The van der Waals surface area contributed by atoms with Crippen LogP contribution in [0.15, 0.2) is 12.1 Å². The van der Waals surface area contributed by atoms with Crippen LogP contribution in [0.3, 0.4) is 0 Å². The monoisotopic (exact) mass is 251 g/mol. The van der Waals surface area contributed by atoms with Gasteiger partial charge in [-0.2, -0.15) is 0 Å². The molecule has 2 rings (SSSR count). The molecule has 0 saturated heterocycles. The highest BCUT2D eigenvalue weighted by Gasteiger charge is 2.26. The van der Waals surface area contributed by atoms with Crippen molar-refractivity contribution in [1.29, 1.82) is 0 Å². The van der Waals surface area contributed by atoms with E-state index < -0.39 is 11.4 Å². The summed E-state index contributed by atoms with van der Waals surface area (Å²) in [4.78, 5) is 11.3. The van der Waals surface area contributed by atoms with E-state index in [1.54, 1.807) is 26.0 Å². The van der Waals surface area contributed by atoms with Gasteiger partial charge in [0.2, 0.25) is 5.91 Å². The highest BCUT2D eigenvalue weighted by molar-refractivity contribution is 5.88. The van der Waals surface area contributed by atoms with Gasteiger partial charge in [0.15, 0.2) is 11.5 Å². The van der Waals surface area contributed by atoms with Crippen molar-refractivity contribution in [2.24, 2.45) is 5.73 Å². The fourth-order valence-corrected chi connectivity index (χ4v) is 1.61. The van der Waals surface area contributed by atoms with Crippen molar-refractivity contribution in [2.45, 2.75) is 19.4 Å². The number of anilines is 2. The molecule has 0 spiro atoms. The molecule has 0 fully saturated rings. The van der Waals surface area contributed by atoms with Gasteiger partial charge in [-0.3, -0.25) is 4.79 Å². The number of fused-ring (bicyclic) bond motifs is 1. The molecule has 0 aliphatic carbocycles. The lowest BCUT2D eigenvalue weighted by Gasteiger charge is -2.26. The van der Waals surface area contributed by atoms with E-state index in [9.17, 15) is 4.79 Å². The van der Waals surface area contributed by atoms with E-state index in [0.29, 0.717) is 36.1 Å². The molecule has 0 saturated carbocycles. The van der Waals surface area contributed by atoms with Gasteiger partial charge in [0.05, 0.1) is 11.4 Å². The van der Waals surface area contributed by atoms with Crippen LogP contribution in [-0.2, 0) is 4.79 Å². The normalized spacial score (nSPS) is 14.1. The molecule has 1 aromatic rings. The van der Waals surface area contributed by atoms with E-state index in [4.69, 9.17) is 20.9 Å². The zero-order chi connectivity index (χ0) is 13.3. The average molecular weight is 251 g/mol.